The SMILES string of the molecule is COc1cccc(C(C)C)c1C(C)C. The summed E-state index contributed by atoms with van der Waals surface area (Å²) in [4.78, 5) is 0. The van der Waals surface area contributed by atoms with Gasteiger partial charge in [0.25, 0.3) is 0 Å². The predicted molar refractivity (Wildman–Crippen MR) is 61.2 cm³/mol. The molecule has 0 unspecified atom stereocenters. The number of rotatable bonds is 3. The van der Waals surface area contributed by atoms with Gasteiger partial charge in [0.1, 0.15) is 5.75 Å². The standard InChI is InChI=1S/C13H20O/c1-9(2)11-7-6-8-12(14-5)13(11)10(3)4/h6-10H,1-5H3. The predicted octanol–water partition coefficient (Wildman–Crippen LogP) is 3.94. The second kappa shape index (κ2) is 4.50. The monoisotopic (exact) mass is 192 g/mol. The Labute approximate surface area is 87.1 Å². The Hall–Kier alpha value is -0.980. The van der Waals surface area contributed by atoms with Gasteiger partial charge in [-0.1, -0.05) is 39.8 Å². The Kier molecular flexibility index (Phi) is 3.56. The maximum absolute atomic E-state index is 5.40. The molecule has 1 heteroatoms. The van der Waals surface area contributed by atoms with E-state index in [2.05, 4.69) is 39.8 Å². The van der Waals surface area contributed by atoms with Crippen LogP contribution in [0, 0.1) is 0 Å². The Bertz CT molecular complexity index is 300. The quantitative estimate of drug-likeness (QED) is 0.704. The number of hydrogen-bond acceptors (Lipinski definition) is 1. The molecule has 0 aliphatic heterocycles. The van der Waals surface area contributed by atoms with Crippen molar-refractivity contribution < 1.29 is 4.74 Å². The molecule has 0 aromatic heterocycles. The minimum atomic E-state index is 0.517. The topological polar surface area (TPSA) is 9.23 Å². The average molecular weight is 192 g/mol. The fourth-order valence-electron chi connectivity index (χ4n) is 1.86. The fourth-order valence-corrected chi connectivity index (χ4v) is 1.86. The van der Waals surface area contributed by atoms with Gasteiger partial charge in [0.2, 0.25) is 0 Å². The van der Waals surface area contributed by atoms with Crippen LogP contribution in [0.1, 0.15) is 50.7 Å². The summed E-state index contributed by atoms with van der Waals surface area (Å²) in [5, 5.41) is 0. The molecule has 0 spiro atoms. The summed E-state index contributed by atoms with van der Waals surface area (Å²) in [7, 11) is 1.74. The molecule has 1 rings (SSSR count). The van der Waals surface area contributed by atoms with Gasteiger partial charge in [0.15, 0.2) is 0 Å². The van der Waals surface area contributed by atoms with Crippen molar-refractivity contribution in [3.05, 3.63) is 29.3 Å². The highest BCUT2D eigenvalue weighted by molar-refractivity contribution is 5.43. The highest BCUT2D eigenvalue weighted by Crippen LogP contribution is 2.33. The third kappa shape index (κ3) is 2.09. The van der Waals surface area contributed by atoms with Crippen LogP contribution in [0.2, 0.25) is 0 Å². The lowest BCUT2D eigenvalue weighted by molar-refractivity contribution is 0.406. The fraction of sp³-hybridized carbons (Fsp3) is 0.538. The minimum absolute atomic E-state index is 0.517. The van der Waals surface area contributed by atoms with Gasteiger partial charge in [-0.3, -0.25) is 0 Å². The zero-order valence-electron chi connectivity index (χ0n) is 9.79. The first-order chi connectivity index (χ1) is 6.57. The molecule has 78 valence electrons. The molecule has 1 aromatic carbocycles. The van der Waals surface area contributed by atoms with Crippen LogP contribution < -0.4 is 4.74 Å². The first kappa shape index (κ1) is 11.1. The molecule has 0 atom stereocenters. The largest absolute Gasteiger partial charge is 0.496 e. The van der Waals surface area contributed by atoms with Crippen molar-refractivity contribution in [1.82, 2.24) is 0 Å². The highest BCUT2D eigenvalue weighted by atomic mass is 16.5. The molecule has 0 bridgehead atoms. The summed E-state index contributed by atoms with van der Waals surface area (Å²) >= 11 is 0. The van der Waals surface area contributed by atoms with E-state index in [0.29, 0.717) is 11.8 Å². The number of ether oxygens (including phenoxy) is 1. The maximum Gasteiger partial charge on any atom is 0.122 e. The van der Waals surface area contributed by atoms with Gasteiger partial charge in [-0.05, 0) is 23.5 Å². The minimum Gasteiger partial charge on any atom is -0.496 e. The average Bonchev–Trinajstić information content (AvgIpc) is 2.16. The molecule has 0 fully saturated rings. The van der Waals surface area contributed by atoms with E-state index in [1.807, 2.05) is 6.07 Å². The summed E-state index contributed by atoms with van der Waals surface area (Å²) in [5.41, 5.74) is 2.75. The molecule has 0 saturated heterocycles. The van der Waals surface area contributed by atoms with E-state index < -0.39 is 0 Å². The van der Waals surface area contributed by atoms with Crippen molar-refractivity contribution in [1.29, 1.82) is 0 Å². The van der Waals surface area contributed by atoms with E-state index in [9.17, 15) is 0 Å². The molecule has 0 radical (unpaired) electrons. The summed E-state index contributed by atoms with van der Waals surface area (Å²) < 4.78 is 5.40. The van der Waals surface area contributed by atoms with Crippen LogP contribution >= 0.6 is 0 Å². The molecular formula is C13H20O. The molecular weight excluding hydrogens is 172 g/mol. The van der Waals surface area contributed by atoms with Gasteiger partial charge in [-0.2, -0.15) is 0 Å². The van der Waals surface area contributed by atoms with Crippen molar-refractivity contribution in [3.8, 4) is 5.75 Å². The third-order valence-electron chi connectivity index (χ3n) is 2.52. The normalized spacial score (nSPS) is 11.1. The molecule has 0 saturated carbocycles. The molecule has 1 nitrogen and oxygen atoms in total. The first-order valence-electron chi connectivity index (χ1n) is 5.24. The van der Waals surface area contributed by atoms with Crippen LogP contribution in [-0.4, -0.2) is 7.11 Å². The van der Waals surface area contributed by atoms with E-state index in [0.717, 1.165) is 5.75 Å². The van der Waals surface area contributed by atoms with E-state index in [4.69, 9.17) is 4.74 Å². The van der Waals surface area contributed by atoms with Crippen molar-refractivity contribution >= 4 is 0 Å². The molecule has 0 aliphatic carbocycles. The van der Waals surface area contributed by atoms with Crippen molar-refractivity contribution in [2.45, 2.75) is 39.5 Å². The summed E-state index contributed by atoms with van der Waals surface area (Å²) in [6.07, 6.45) is 0. The van der Waals surface area contributed by atoms with Crippen LogP contribution in [0.3, 0.4) is 0 Å². The van der Waals surface area contributed by atoms with E-state index >= 15 is 0 Å². The molecule has 0 aliphatic rings. The zero-order chi connectivity index (χ0) is 10.7. The smallest absolute Gasteiger partial charge is 0.122 e. The lowest BCUT2D eigenvalue weighted by Crippen LogP contribution is -2.01. The lowest BCUT2D eigenvalue weighted by Gasteiger charge is -2.18. The highest BCUT2D eigenvalue weighted by Gasteiger charge is 2.14. The van der Waals surface area contributed by atoms with Crippen LogP contribution in [0.25, 0.3) is 0 Å². The Morgan fingerprint density at radius 3 is 2.07 bits per heavy atom. The second-order valence-corrected chi connectivity index (χ2v) is 4.27. The van der Waals surface area contributed by atoms with Crippen molar-refractivity contribution in [2.75, 3.05) is 7.11 Å². The first-order valence-corrected chi connectivity index (χ1v) is 5.24. The molecule has 14 heavy (non-hydrogen) atoms. The molecule has 1 aromatic rings. The maximum atomic E-state index is 5.40. The van der Waals surface area contributed by atoms with Crippen LogP contribution in [-0.2, 0) is 0 Å². The van der Waals surface area contributed by atoms with Crippen molar-refractivity contribution in [3.63, 3.8) is 0 Å². The third-order valence-corrected chi connectivity index (χ3v) is 2.52. The number of benzene rings is 1. The zero-order valence-corrected chi connectivity index (χ0v) is 9.79. The second-order valence-electron chi connectivity index (χ2n) is 4.27. The summed E-state index contributed by atoms with van der Waals surface area (Å²) in [6, 6.07) is 6.31. The van der Waals surface area contributed by atoms with Crippen LogP contribution in [0.5, 0.6) is 5.75 Å². The Balaban J connectivity index is 3.28. The summed E-state index contributed by atoms with van der Waals surface area (Å²) in [5.74, 6) is 2.09. The Morgan fingerprint density at radius 2 is 1.64 bits per heavy atom. The molecule has 0 N–H and O–H groups in total. The van der Waals surface area contributed by atoms with E-state index in [1.165, 1.54) is 11.1 Å². The van der Waals surface area contributed by atoms with Gasteiger partial charge in [-0.15, -0.1) is 0 Å². The van der Waals surface area contributed by atoms with E-state index in [-0.39, 0.29) is 0 Å². The summed E-state index contributed by atoms with van der Waals surface area (Å²) in [6.45, 7) is 8.87. The number of methoxy groups -OCH3 is 1. The lowest BCUT2D eigenvalue weighted by atomic mass is 9.90. The van der Waals surface area contributed by atoms with Gasteiger partial charge in [-0.25, -0.2) is 0 Å². The number of hydrogen-bond donors (Lipinski definition) is 0. The van der Waals surface area contributed by atoms with Crippen LogP contribution in [0.15, 0.2) is 18.2 Å². The molecule has 0 heterocycles. The van der Waals surface area contributed by atoms with E-state index in [1.54, 1.807) is 7.11 Å². The van der Waals surface area contributed by atoms with Gasteiger partial charge in [0, 0.05) is 5.56 Å². The van der Waals surface area contributed by atoms with Crippen molar-refractivity contribution in [2.24, 2.45) is 0 Å². The van der Waals surface area contributed by atoms with Gasteiger partial charge >= 0.3 is 0 Å². The van der Waals surface area contributed by atoms with Crippen LogP contribution in [0.4, 0.5) is 0 Å². The van der Waals surface area contributed by atoms with Gasteiger partial charge in [0.05, 0.1) is 7.11 Å². The Morgan fingerprint density at radius 1 is 1.00 bits per heavy atom. The van der Waals surface area contributed by atoms with Gasteiger partial charge < -0.3 is 4.74 Å². The molecule has 0 amide bonds.